The number of carbonyl (C=O) groups excluding carboxylic acids is 1. The van der Waals surface area contributed by atoms with Crippen molar-refractivity contribution < 1.29 is 9.90 Å². The zero-order valence-corrected chi connectivity index (χ0v) is 12.9. The third kappa shape index (κ3) is 3.30. The number of rotatable bonds is 4. The minimum absolute atomic E-state index is 0.0849. The number of aromatic nitrogens is 3. The van der Waals surface area contributed by atoms with E-state index in [0.29, 0.717) is 11.3 Å². The highest BCUT2D eigenvalue weighted by molar-refractivity contribution is 5.94. The average molecular weight is 321 g/mol. The Hall–Kier alpha value is -3.48. The van der Waals surface area contributed by atoms with E-state index in [0.717, 1.165) is 5.69 Å². The molecule has 120 valence electrons. The molecule has 1 amide bonds. The average Bonchev–Trinajstić information content (AvgIpc) is 2.99. The summed E-state index contributed by atoms with van der Waals surface area (Å²) in [4.78, 5) is 13.6. The summed E-state index contributed by atoms with van der Waals surface area (Å²) >= 11 is 0. The highest BCUT2D eigenvalue weighted by Crippen LogP contribution is 2.12. The zero-order valence-electron chi connectivity index (χ0n) is 12.9. The van der Waals surface area contributed by atoms with Crippen molar-refractivity contribution in [1.82, 2.24) is 20.4 Å². The monoisotopic (exact) mass is 321 g/mol. The van der Waals surface area contributed by atoms with Gasteiger partial charge in [-0.25, -0.2) is 5.43 Å². The molecule has 2 aromatic carbocycles. The van der Waals surface area contributed by atoms with Crippen LogP contribution in [0.15, 0.2) is 59.7 Å². The maximum absolute atomic E-state index is 12.2. The number of hydrogen-bond donors (Lipinski definition) is 2. The first kappa shape index (κ1) is 15.4. The second kappa shape index (κ2) is 6.74. The Morgan fingerprint density at radius 1 is 1.12 bits per heavy atom. The largest absolute Gasteiger partial charge is 0.507 e. The van der Waals surface area contributed by atoms with Gasteiger partial charge in [-0.05, 0) is 31.2 Å². The van der Waals surface area contributed by atoms with Gasteiger partial charge in [0.2, 0.25) is 0 Å². The lowest BCUT2D eigenvalue weighted by Gasteiger charge is -1.98. The standard InChI is InChI=1S/C17H15N5O2/c1-12-16(21-22(20-12)14-8-3-2-4-9-14)17(24)19-18-11-13-7-5-6-10-15(13)23/h2-11,23H,1H3,(H,19,24)/b18-11+. The van der Waals surface area contributed by atoms with Gasteiger partial charge in [0, 0.05) is 5.56 Å². The number of para-hydroxylation sites is 2. The number of aromatic hydroxyl groups is 1. The molecule has 0 aliphatic heterocycles. The Kier molecular flexibility index (Phi) is 4.33. The van der Waals surface area contributed by atoms with Crippen LogP contribution in [0.1, 0.15) is 21.7 Å². The van der Waals surface area contributed by atoms with E-state index in [4.69, 9.17) is 0 Å². The molecular weight excluding hydrogens is 306 g/mol. The number of carbonyl (C=O) groups is 1. The van der Waals surface area contributed by atoms with Crippen LogP contribution in [0.3, 0.4) is 0 Å². The van der Waals surface area contributed by atoms with Crippen molar-refractivity contribution in [3.63, 3.8) is 0 Å². The van der Waals surface area contributed by atoms with Crippen LogP contribution < -0.4 is 5.43 Å². The molecule has 7 heteroatoms. The van der Waals surface area contributed by atoms with Gasteiger partial charge in [-0.3, -0.25) is 4.79 Å². The van der Waals surface area contributed by atoms with E-state index in [1.807, 2.05) is 30.3 Å². The van der Waals surface area contributed by atoms with Crippen molar-refractivity contribution in [3.05, 3.63) is 71.5 Å². The Morgan fingerprint density at radius 2 is 1.83 bits per heavy atom. The fourth-order valence-electron chi connectivity index (χ4n) is 2.08. The molecule has 3 rings (SSSR count). The predicted molar refractivity (Wildman–Crippen MR) is 89.3 cm³/mol. The van der Waals surface area contributed by atoms with Crippen molar-refractivity contribution in [3.8, 4) is 11.4 Å². The number of nitrogens with one attached hydrogen (secondary N) is 1. The van der Waals surface area contributed by atoms with Gasteiger partial charge in [0.25, 0.3) is 5.91 Å². The van der Waals surface area contributed by atoms with E-state index in [1.165, 1.54) is 11.0 Å². The van der Waals surface area contributed by atoms with Crippen LogP contribution in [0.5, 0.6) is 5.75 Å². The van der Waals surface area contributed by atoms with E-state index in [2.05, 4.69) is 20.7 Å². The van der Waals surface area contributed by atoms with Gasteiger partial charge in [-0.2, -0.15) is 15.0 Å². The van der Waals surface area contributed by atoms with Gasteiger partial charge in [0.05, 0.1) is 17.6 Å². The summed E-state index contributed by atoms with van der Waals surface area (Å²) in [6.07, 6.45) is 1.37. The molecule has 0 aliphatic carbocycles. The molecule has 0 aliphatic rings. The lowest BCUT2D eigenvalue weighted by Crippen LogP contribution is -2.19. The van der Waals surface area contributed by atoms with Crippen LogP contribution in [0.2, 0.25) is 0 Å². The second-order valence-electron chi connectivity index (χ2n) is 5.02. The molecule has 1 aromatic heterocycles. The third-order valence-electron chi connectivity index (χ3n) is 3.29. The molecule has 24 heavy (non-hydrogen) atoms. The molecule has 0 saturated carbocycles. The molecule has 7 nitrogen and oxygen atoms in total. The number of benzene rings is 2. The van der Waals surface area contributed by atoms with Crippen molar-refractivity contribution >= 4 is 12.1 Å². The Balaban J connectivity index is 1.74. The topological polar surface area (TPSA) is 92.4 Å². The number of amides is 1. The zero-order chi connectivity index (χ0) is 16.9. The Morgan fingerprint density at radius 3 is 2.58 bits per heavy atom. The van der Waals surface area contributed by atoms with Gasteiger partial charge in [-0.1, -0.05) is 30.3 Å². The van der Waals surface area contributed by atoms with E-state index < -0.39 is 5.91 Å². The maximum atomic E-state index is 12.2. The first-order valence-electron chi connectivity index (χ1n) is 7.26. The first-order valence-corrected chi connectivity index (χ1v) is 7.26. The molecule has 2 N–H and O–H groups in total. The van der Waals surface area contributed by atoms with Gasteiger partial charge >= 0.3 is 0 Å². The highest BCUT2D eigenvalue weighted by Gasteiger charge is 2.15. The summed E-state index contributed by atoms with van der Waals surface area (Å²) in [7, 11) is 0. The fraction of sp³-hybridized carbons (Fsp3) is 0.0588. The number of aryl methyl sites for hydroxylation is 1. The summed E-state index contributed by atoms with van der Waals surface area (Å²) in [5, 5.41) is 21.9. The number of hydrogen-bond acceptors (Lipinski definition) is 5. The van der Waals surface area contributed by atoms with E-state index in [-0.39, 0.29) is 11.4 Å². The summed E-state index contributed by atoms with van der Waals surface area (Å²) in [6.45, 7) is 1.70. The molecule has 0 spiro atoms. The Labute approximate surface area is 138 Å². The summed E-state index contributed by atoms with van der Waals surface area (Å²) < 4.78 is 0. The minimum Gasteiger partial charge on any atom is -0.507 e. The molecule has 0 unspecified atom stereocenters. The Bertz CT molecular complexity index is 887. The number of nitrogens with zero attached hydrogens (tertiary/aromatic N) is 4. The number of phenolic OH excluding ortho intramolecular Hbond substituents is 1. The fourth-order valence-corrected chi connectivity index (χ4v) is 2.08. The molecule has 0 atom stereocenters. The number of phenols is 1. The maximum Gasteiger partial charge on any atom is 0.293 e. The van der Waals surface area contributed by atoms with Crippen molar-refractivity contribution in [2.24, 2.45) is 5.10 Å². The quantitative estimate of drug-likeness (QED) is 0.568. The molecule has 1 heterocycles. The van der Waals surface area contributed by atoms with Gasteiger partial charge < -0.3 is 5.11 Å². The van der Waals surface area contributed by atoms with E-state index >= 15 is 0 Å². The van der Waals surface area contributed by atoms with E-state index in [1.54, 1.807) is 31.2 Å². The van der Waals surface area contributed by atoms with Gasteiger partial charge in [0.1, 0.15) is 5.75 Å². The predicted octanol–water partition coefficient (Wildman–Crippen LogP) is 2.05. The van der Waals surface area contributed by atoms with Crippen LogP contribution in [0, 0.1) is 6.92 Å². The highest BCUT2D eigenvalue weighted by atomic mass is 16.3. The molecule has 0 radical (unpaired) electrons. The normalized spacial score (nSPS) is 10.9. The van der Waals surface area contributed by atoms with E-state index in [9.17, 15) is 9.90 Å². The van der Waals surface area contributed by atoms with Crippen molar-refractivity contribution in [1.29, 1.82) is 0 Å². The van der Waals surface area contributed by atoms with Crippen LogP contribution in [-0.4, -0.2) is 32.2 Å². The molecule has 3 aromatic rings. The van der Waals surface area contributed by atoms with Crippen molar-refractivity contribution in [2.75, 3.05) is 0 Å². The molecular formula is C17H15N5O2. The van der Waals surface area contributed by atoms with Crippen LogP contribution in [0.25, 0.3) is 5.69 Å². The van der Waals surface area contributed by atoms with Gasteiger partial charge in [0.15, 0.2) is 5.69 Å². The first-order chi connectivity index (χ1) is 11.6. The third-order valence-corrected chi connectivity index (χ3v) is 3.29. The SMILES string of the molecule is Cc1nn(-c2ccccc2)nc1C(=O)N/N=C/c1ccccc1O. The van der Waals surface area contributed by atoms with Crippen LogP contribution >= 0.6 is 0 Å². The molecule has 0 saturated heterocycles. The summed E-state index contributed by atoms with van der Waals surface area (Å²) in [6, 6.07) is 16.0. The molecule has 0 bridgehead atoms. The summed E-state index contributed by atoms with van der Waals surface area (Å²) in [5.74, 6) is -0.386. The minimum atomic E-state index is -0.471. The number of hydrazone groups is 1. The van der Waals surface area contributed by atoms with Gasteiger partial charge in [-0.15, -0.1) is 5.10 Å². The van der Waals surface area contributed by atoms with Crippen molar-refractivity contribution in [2.45, 2.75) is 6.92 Å². The second-order valence-corrected chi connectivity index (χ2v) is 5.02. The molecule has 0 fully saturated rings. The summed E-state index contributed by atoms with van der Waals surface area (Å²) in [5.41, 5.74) is 4.33. The van der Waals surface area contributed by atoms with Crippen LogP contribution in [-0.2, 0) is 0 Å². The lowest BCUT2D eigenvalue weighted by molar-refractivity contribution is 0.0949. The smallest absolute Gasteiger partial charge is 0.293 e. The van der Waals surface area contributed by atoms with Crippen LogP contribution in [0.4, 0.5) is 0 Å². The lowest BCUT2D eigenvalue weighted by atomic mass is 10.2.